The first-order valence-corrected chi connectivity index (χ1v) is 6.73. The van der Waals surface area contributed by atoms with Crippen LogP contribution in [-0.2, 0) is 4.79 Å². The largest absolute Gasteiger partial charge is 0.492 e. The second-order valence-corrected chi connectivity index (χ2v) is 4.89. The van der Waals surface area contributed by atoms with Gasteiger partial charge in [-0.2, -0.15) is 0 Å². The Morgan fingerprint density at radius 2 is 2.16 bits per heavy atom. The van der Waals surface area contributed by atoms with Crippen LogP contribution < -0.4 is 14.8 Å². The van der Waals surface area contributed by atoms with E-state index in [4.69, 9.17) is 9.47 Å². The van der Waals surface area contributed by atoms with Gasteiger partial charge in [-0.05, 0) is 38.1 Å². The van der Waals surface area contributed by atoms with Crippen molar-refractivity contribution in [2.24, 2.45) is 0 Å². The summed E-state index contributed by atoms with van der Waals surface area (Å²) in [6.07, 6.45) is 2.60. The summed E-state index contributed by atoms with van der Waals surface area (Å²) in [6.45, 7) is 4.09. The van der Waals surface area contributed by atoms with Crippen molar-refractivity contribution in [1.29, 1.82) is 0 Å². The summed E-state index contributed by atoms with van der Waals surface area (Å²) >= 11 is 0. The smallest absolute Gasteiger partial charge is 0.262 e. The number of nitrogens with one attached hydrogen (secondary N) is 1. The zero-order valence-corrected chi connectivity index (χ0v) is 10.9. The molecule has 0 aliphatic carbocycles. The van der Waals surface area contributed by atoms with Crippen LogP contribution in [0.3, 0.4) is 0 Å². The summed E-state index contributed by atoms with van der Waals surface area (Å²) in [5, 5.41) is 2.76. The average molecular weight is 262 g/mol. The molecule has 1 amide bonds. The SMILES string of the molecule is O=C1COc2cc(OCCN3CCCC3)ccc2N1. The Bertz CT molecular complexity index is 470. The van der Waals surface area contributed by atoms with Crippen LogP contribution in [0.25, 0.3) is 0 Å². The molecular weight excluding hydrogens is 244 g/mol. The Labute approximate surface area is 112 Å². The Balaban J connectivity index is 1.55. The van der Waals surface area contributed by atoms with Crippen molar-refractivity contribution < 1.29 is 14.3 Å². The summed E-state index contributed by atoms with van der Waals surface area (Å²) in [7, 11) is 0. The lowest BCUT2D eigenvalue weighted by atomic mass is 10.2. The number of rotatable bonds is 4. The number of ether oxygens (including phenoxy) is 2. The normalized spacial score (nSPS) is 18.6. The first-order valence-electron chi connectivity index (χ1n) is 6.73. The summed E-state index contributed by atoms with van der Waals surface area (Å²) in [4.78, 5) is 13.6. The van der Waals surface area contributed by atoms with E-state index in [1.54, 1.807) is 0 Å². The molecule has 1 N–H and O–H groups in total. The molecule has 0 unspecified atom stereocenters. The molecule has 2 aliphatic heterocycles. The molecule has 0 saturated carbocycles. The molecule has 0 bridgehead atoms. The van der Waals surface area contributed by atoms with Crippen LogP contribution in [-0.4, -0.2) is 43.7 Å². The van der Waals surface area contributed by atoms with Gasteiger partial charge in [0.1, 0.15) is 18.1 Å². The standard InChI is InChI=1S/C14H18N2O3/c17-14-10-19-13-9-11(3-4-12(13)15-14)18-8-7-16-5-1-2-6-16/h3-4,9H,1-2,5-8,10H2,(H,15,17). The Hall–Kier alpha value is -1.75. The monoisotopic (exact) mass is 262 g/mol. The maximum absolute atomic E-state index is 11.2. The van der Waals surface area contributed by atoms with Gasteiger partial charge in [0, 0.05) is 12.6 Å². The fourth-order valence-corrected chi connectivity index (χ4v) is 2.44. The highest BCUT2D eigenvalue weighted by Gasteiger charge is 2.16. The van der Waals surface area contributed by atoms with Crippen molar-refractivity contribution in [3.63, 3.8) is 0 Å². The molecular formula is C14H18N2O3. The van der Waals surface area contributed by atoms with Gasteiger partial charge in [0.2, 0.25) is 0 Å². The van der Waals surface area contributed by atoms with Crippen LogP contribution in [0.1, 0.15) is 12.8 Å². The molecule has 3 rings (SSSR count). The number of nitrogens with zero attached hydrogens (tertiary/aromatic N) is 1. The number of anilines is 1. The number of hydrogen-bond donors (Lipinski definition) is 1. The zero-order valence-electron chi connectivity index (χ0n) is 10.9. The van der Waals surface area contributed by atoms with E-state index in [-0.39, 0.29) is 12.5 Å². The minimum absolute atomic E-state index is 0.0736. The quantitative estimate of drug-likeness (QED) is 0.893. The number of carbonyl (C=O) groups is 1. The second-order valence-electron chi connectivity index (χ2n) is 4.89. The van der Waals surface area contributed by atoms with E-state index in [2.05, 4.69) is 10.2 Å². The number of carbonyl (C=O) groups excluding carboxylic acids is 1. The number of fused-ring (bicyclic) bond motifs is 1. The van der Waals surface area contributed by atoms with E-state index >= 15 is 0 Å². The third-order valence-electron chi connectivity index (χ3n) is 3.46. The van der Waals surface area contributed by atoms with E-state index in [0.717, 1.165) is 12.3 Å². The van der Waals surface area contributed by atoms with Crippen molar-refractivity contribution in [1.82, 2.24) is 4.90 Å². The zero-order chi connectivity index (χ0) is 13.1. The second kappa shape index (κ2) is 5.48. The van der Waals surface area contributed by atoms with Crippen LogP contribution in [0.15, 0.2) is 18.2 Å². The lowest BCUT2D eigenvalue weighted by Crippen LogP contribution is -2.26. The molecule has 0 spiro atoms. The number of hydrogen-bond acceptors (Lipinski definition) is 4. The van der Waals surface area contributed by atoms with E-state index in [1.807, 2.05) is 18.2 Å². The topological polar surface area (TPSA) is 50.8 Å². The summed E-state index contributed by atoms with van der Waals surface area (Å²) in [5.74, 6) is 1.35. The number of likely N-dealkylation sites (tertiary alicyclic amines) is 1. The van der Waals surface area contributed by atoms with Crippen LogP contribution >= 0.6 is 0 Å². The van der Waals surface area contributed by atoms with E-state index < -0.39 is 0 Å². The third-order valence-corrected chi connectivity index (χ3v) is 3.46. The molecule has 2 aliphatic rings. The van der Waals surface area contributed by atoms with Gasteiger partial charge < -0.3 is 14.8 Å². The third kappa shape index (κ3) is 2.98. The van der Waals surface area contributed by atoms with Gasteiger partial charge in [-0.3, -0.25) is 9.69 Å². The maximum atomic E-state index is 11.2. The van der Waals surface area contributed by atoms with E-state index in [0.29, 0.717) is 18.0 Å². The Kier molecular flexibility index (Phi) is 3.55. The summed E-state index contributed by atoms with van der Waals surface area (Å²) < 4.78 is 11.1. The molecule has 1 aromatic rings. The van der Waals surface area contributed by atoms with Gasteiger partial charge in [-0.25, -0.2) is 0 Å². The molecule has 0 atom stereocenters. The Morgan fingerprint density at radius 1 is 1.32 bits per heavy atom. The van der Waals surface area contributed by atoms with Crippen molar-refractivity contribution >= 4 is 11.6 Å². The Morgan fingerprint density at radius 3 is 3.00 bits per heavy atom. The molecule has 102 valence electrons. The first-order chi connectivity index (χ1) is 9.31. The van der Waals surface area contributed by atoms with Gasteiger partial charge in [0.25, 0.3) is 5.91 Å². The van der Waals surface area contributed by atoms with Gasteiger partial charge in [-0.1, -0.05) is 0 Å². The summed E-state index contributed by atoms with van der Waals surface area (Å²) in [6, 6.07) is 5.51. The van der Waals surface area contributed by atoms with Crippen LogP contribution in [0.2, 0.25) is 0 Å². The molecule has 5 heteroatoms. The fourth-order valence-electron chi connectivity index (χ4n) is 2.44. The van der Waals surface area contributed by atoms with Crippen molar-refractivity contribution in [2.45, 2.75) is 12.8 Å². The minimum Gasteiger partial charge on any atom is -0.492 e. The molecule has 1 saturated heterocycles. The number of benzene rings is 1. The van der Waals surface area contributed by atoms with Crippen molar-refractivity contribution in [3.05, 3.63) is 18.2 Å². The van der Waals surface area contributed by atoms with Crippen LogP contribution in [0.4, 0.5) is 5.69 Å². The van der Waals surface area contributed by atoms with Crippen LogP contribution in [0.5, 0.6) is 11.5 Å². The lowest BCUT2D eigenvalue weighted by Gasteiger charge is -2.19. The molecule has 19 heavy (non-hydrogen) atoms. The van der Waals surface area contributed by atoms with E-state index in [1.165, 1.54) is 25.9 Å². The van der Waals surface area contributed by atoms with E-state index in [9.17, 15) is 4.79 Å². The molecule has 1 aromatic carbocycles. The van der Waals surface area contributed by atoms with Crippen molar-refractivity contribution in [3.8, 4) is 11.5 Å². The number of amides is 1. The molecule has 2 heterocycles. The van der Waals surface area contributed by atoms with Gasteiger partial charge in [-0.15, -0.1) is 0 Å². The lowest BCUT2D eigenvalue weighted by molar-refractivity contribution is -0.118. The van der Waals surface area contributed by atoms with Gasteiger partial charge >= 0.3 is 0 Å². The summed E-state index contributed by atoms with van der Waals surface area (Å²) in [5.41, 5.74) is 0.711. The molecule has 0 radical (unpaired) electrons. The highest BCUT2D eigenvalue weighted by atomic mass is 16.5. The predicted molar refractivity (Wildman–Crippen MR) is 71.7 cm³/mol. The van der Waals surface area contributed by atoms with Gasteiger partial charge in [0.05, 0.1) is 5.69 Å². The maximum Gasteiger partial charge on any atom is 0.262 e. The molecule has 5 nitrogen and oxygen atoms in total. The van der Waals surface area contributed by atoms with Crippen LogP contribution in [0, 0.1) is 0 Å². The first kappa shape index (κ1) is 12.3. The average Bonchev–Trinajstić information content (AvgIpc) is 2.92. The predicted octanol–water partition coefficient (Wildman–Crippen LogP) is 1.49. The molecule has 0 aromatic heterocycles. The highest BCUT2D eigenvalue weighted by molar-refractivity contribution is 5.95. The van der Waals surface area contributed by atoms with Crippen molar-refractivity contribution in [2.75, 3.05) is 38.2 Å². The molecule has 1 fully saturated rings. The fraction of sp³-hybridized carbons (Fsp3) is 0.500. The van der Waals surface area contributed by atoms with Gasteiger partial charge in [0.15, 0.2) is 6.61 Å². The minimum atomic E-state index is -0.116. The highest BCUT2D eigenvalue weighted by Crippen LogP contribution is 2.31.